The molecule has 5 nitrogen and oxygen atoms in total. The number of Topliss-reactive ketones (excluding diaryl/α,β-unsaturated/α-hetero) is 1. The summed E-state index contributed by atoms with van der Waals surface area (Å²) in [6.07, 6.45) is 1.07. The number of hydrogen-bond donors (Lipinski definition) is 3. The van der Waals surface area contributed by atoms with Crippen molar-refractivity contribution in [1.82, 2.24) is 0 Å². The maximum Gasteiger partial charge on any atom is 0.289 e. The summed E-state index contributed by atoms with van der Waals surface area (Å²) in [4.78, 5) is 22.4. The number of carbonyl (C=O) groups excluding carboxylic acids is 2. The van der Waals surface area contributed by atoms with Crippen molar-refractivity contribution in [3.05, 3.63) is 65.0 Å². The Labute approximate surface area is 126 Å². The first-order valence-electron chi connectivity index (χ1n) is 6.48. The van der Waals surface area contributed by atoms with Gasteiger partial charge in [-0.1, -0.05) is 12.1 Å². The van der Waals surface area contributed by atoms with E-state index in [0.29, 0.717) is 17.8 Å². The number of amides is 1. The fourth-order valence-corrected chi connectivity index (χ4v) is 1.93. The van der Waals surface area contributed by atoms with Crippen LogP contribution in [0.4, 0.5) is 10.1 Å². The molecule has 0 aliphatic rings. The van der Waals surface area contributed by atoms with Crippen LogP contribution in [-0.2, 0) is 11.3 Å². The van der Waals surface area contributed by atoms with Crippen LogP contribution in [0.25, 0.3) is 0 Å². The molecule has 4 N–H and O–H groups in total. The highest BCUT2D eigenvalue weighted by Crippen LogP contribution is 2.17. The van der Waals surface area contributed by atoms with Gasteiger partial charge in [0.2, 0.25) is 5.78 Å². The van der Waals surface area contributed by atoms with Crippen molar-refractivity contribution in [1.29, 1.82) is 5.41 Å². The quantitative estimate of drug-likeness (QED) is 0.433. The van der Waals surface area contributed by atoms with E-state index in [0.717, 1.165) is 11.8 Å². The molecule has 22 heavy (non-hydrogen) atoms. The number of carbonyl (C=O) groups is 2. The van der Waals surface area contributed by atoms with Crippen molar-refractivity contribution in [2.45, 2.75) is 6.54 Å². The zero-order chi connectivity index (χ0) is 16.1. The molecule has 0 bridgehead atoms. The van der Waals surface area contributed by atoms with E-state index in [-0.39, 0.29) is 11.4 Å². The van der Waals surface area contributed by atoms with Crippen LogP contribution in [0.15, 0.2) is 42.5 Å². The average Bonchev–Trinajstić information content (AvgIpc) is 2.53. The van der Waals surface area contributed by atoms with Crippen molar-refractivity contribution in [2.24, 2.45) is 5.73 Å². The standard InChI is InChI=1S/C16H14FN3O2/c17-13-4-1-10(2-5-13)9-20-14-6-3-11(7-12(14)8-18)15(21)16(19)22/h1-8,18,20H,9H2,(H2,19,22). The molecule has 2 rings (SSSR count). The molecule has 0 aromatic heterocycles. The summed E-state index contributed by atoms with van der Waals surface area (Å²) in [5.74, 6) is -2.14. The largest absolute Gasteiger partial charge is 0.380 e. The average molecular weight is 299 g/mol. The molecule has 2 aromatic carbocycles. The number of hydrogen-bond acceptors (Lipinski definition) is 4. The lowest BCUT2D eigenvalue weighted by molar-refractivity contribution is -0.114. The lowest BCUT2D eigenvalue weighted by atomic mass is 10.1. The maximum absolute atomic E-state index is 12.8. The van der Waals surface area contributed by atoms with E-state index in [1.807, 2.05) is 0 Å². The predicted molar refractivity (Wildman–Crippen MR) is 81.6 cm³/mol. The van der Waals surface area contributed by atoms with E-state index in [9.17, 15) is 14.0 Å². The molecule has 0 heterocycles. The van der Waals surface area contributed by atoms with E-state index >= 15 is 0 Å². The molecular formula is C16H14FN3O2. The van der Waals surface area contributed by atoms with Gasteiger partial charge >= 0.3 is 0 Å². The third kappa shape index (κ3) is 3.54. The van der Waals surface area contributed by atoms with E-state index < -0.39 is 11.7 Å². The topological polar surface area (TPSA) is 96.0 Å². The summed E-state index contributed by atoms with van der Waals surface area (Å²) in [6, 6.07) is 10.5. The van der Waals surface area contributed by atoms with Gasteiger partial charge in [-0.05, 0) is 35.9 Å². The van der Waals surface area contributed by atoms with E-state index in [4.69, 9.17) is 11.1 Å². The van der Waals surface area contributed by atoms with Crippen LogP contribution in [0.3, 0.4) is 0 Å². The molecule has 0 fully saturated rings. The Morgan fingerprint density at radius 3 is 2.45 bits per heavy atom. The molecule has 112 valence electrons. The van der Waals surface area contributed by atoms with Gasteiger partial charge in [0, 0.05) is 29.6 Å². The Hall–Kier alpha value is -3.02. The lowest BCUT2D eigenvalue weighted by Gasteiger charge is -2.10. The highest BCUT2D eigenvalue weighted by Gasteiger charge is 2.13. The Kier molecular flexibility index (Phi) is 4.63. The summed E-state index contributed by atoms with van der Waals surface area (Å²) in [5.41, 5.74) is 7.04. The molecule has 6 heteroatoms. The van der Waals surface area contributed by atoms with Gasteiger partial charge in [-0.2, -0.15) is 0 Å². The van der Waals surface area contributed by atoms with Crippen LogP contribution in [-0.4, -0.2) is 17.9 Å². The summed E-state index contributed by atoms with van der Waals surface area (Å²) in [6.45, 7) is 0.435. The minimum Gasteiger partial charge on any atom is -0.380 e. The first-order chi connectivity index (χ1) is 10.5. The van der Waals surface area contributed by atoms with Crippen molar-refractivity contribution in [2.75, 3.05) is 5.32 Å². The van der Waals surface area contributed by atoms with Crippen LogP contribution in [0.1, 0.15) is 21.5 Å². The van der Waals surface area contributed by atoms with Crippen molar-refractivity contribution in [3.63, 3.8) is 0 Å². The summed E-state index contributed by atoms with van der Waals surface area (Å²) < 4.78 is 12.8. The molecule has 0 saturated carbocycles. The number of primary amides is 1. The van der Waals surface area contributed by atoms with E-state index in [1.54, 1.807) is 18.2 Å². The Morgan fingerprint density at radius 2 is 1.86 bits per heavy atom. The minimum absolute atomic E-state index is 0.137. The predicted octanol–water partition coefficient (Wildman–Crippen LogP) is 2.10. The highest BCUT2D eigenvalue weighted by atomic mass is 19.1. The Morgan fingerprint density at radius 1 is 1.18 bits per heavy atom. The monoisotopic (exact) mass is 299 g/mol. The fourth-order valence-electron chi connectivity index (χ4n) is 1.93. The number of nitrogens with two attached hydrogens (primary N) is 1. The Bertz CT molecular complexity index is 727. The number of anilines is 1. The first kappa shape index (κ1) is 15.4. The lowest BCUT2D eigenvalue weighted by Crippen LogP contribution is -2.23. The summed E-state index contributed by atoms with van der Waals surface area (Å²) in [5, 5.41) is 10.5. The van der Waals surface area contributed by atoms with Gasteiger partial charge in [-0.15, -0.1) is 0 Å². The molecule has 0 unspecified atom stereocenters. The van der Waals surface area contributed by atoms with Crippen molar-refractivity contribution in [3.8, 4) is 0 Å². The molecule has 1 amide bonds. The molecule has 0 saturated heterocycles. The highest BCUT2D eigenvalue weighted by molar-refractivity contribution is 6.42. The van der Waals surface area contributed by atoms with Gasteiger partial charge in [-0.3, -0.25) is 9.59 Å². The summed E-state index contributed by atoms with van der Waals surface area (Å²) in [7, 11) is 0. The first-order valence-corrected chi connectivity index (χ1v) is 6.48. The maximum atomic E-state index is 12.8. The second-order valence-electron chi connectivity index (χ2n) is 4.62. The molecule has 0 spiro atoms. The van der Waals surface area contributed by atoms with Crippen LogP contribution in [0, 0.1) is 11.2 Å². The van der Waals surface area contributed by atoms with Gasteiger partial charge in [-0.25, -0.2) is 4.39 Å². The zero-order valence-corrected chi connectivity index (χ0v) is 11.6. The van der Waals surface area contributed by atoms with E-state index in [1.165, 1.54) is 24.3 Å². The van der Waals surface area contributed by atoms with E-state index in [2.05, 4.69) is 5.32 Å². The zero-order valence-electron chi connectivity index (χ0n) is 11.6. The molecule has 0 aliphatic carbocycles. The SMILES string of the molecule is N=Cc1cc(C(=O)C(N)=O)ccc1NCc1ccc(F)cc1. The van der Waals surface area contributed by atoms with Crippen molar-refractivity contribution >= 4 is 23.6 Å². The van der Waals surface area contributed by atoms with Gasteiger partial charge in [0.1, 0.15) is 5.82 Å². The molecule has 0 radical (unpaired) electrons. The second kappa shape index (κ2) is 6.62. The second-order valence-corrected chi connectivity index (χ2v) is 4.62. The van der Waals surface area contributed by atoms with Crippen LogP contribution < -0.4 is 11.1 Å². The normalized spacial score (nSPS) is 10.0. The van der Waals surface area contributed by atoms with Gasteiger partial charge in [0.05, 0.1) is 0 Å². The number of rotatable bonds is 6. The minimum atomic E-state index is -1.04. The third-order valence-electron chi connectivity index (χ3n) is 3.09. The van der Waals surface area contributed by atoms with Gasteiger partial charge in [0.25, 0.3) is 5.91 Å². The molecule has 2 aromatic rings. The fraction of sp³-hybridized carbons (Fsp3) is 0.0625. The number of benzene rings is 2. The van der Waals surface area contributed by atoms with Gasteiger partial charge < -0.3 is 16.5 Å². The number of halogens is 1. The molecular weight excluding hydrogens is 285 g/mol. The van der Waals surface area contributed by atoms with Crippen LogP contribution >= 0.6 is 0 Å². The molecule has 0 aliphatic heterocycles. The van der Waals surface area contributed by atoms with Crippen molar-refractivity contribution < 1.29 is 14.0 Å². The smallest absolute Gasteiger partial charge is 0.289 e. The van der Waals surface area contributed by atoms with Gasteiger partial charge in [0.15, 0.2) is 0 Å². The number of nitrogens with one attached hydrogen (secondary N) is 2. The summed E-state index contributed by atoms with van der Waals surface area (Å²) >= 11 is 0. The Balaban J connectivity index is 2.17. The number of ketones is 1. The molecule has 0 atom stereocenters. The van der Waals surface area contributed by atoms with Crippen LogP contribution in [0.2, 0.25) is 0 Å². The third-order valence-corrected chi connectivity index (χ3v) is 3.09. The van der Waals surface area contributed by atoms with Crippen LogP contribution in [0.5, 0.6) is 0 Å².